The first-order valence-corrected chi connectivity index (χ1v) is 7.89. The lowest BCUT2D eigenvalue weighted by atomic mass is 9.84. The van der Waals surface area contributed by atoms with E-state index in [1.54, 1.807) is 5.57 Å². The minimum absolute atomic E-state index is 0.275. The van der Waals surface area contributed by atoms with Gasteiger partial charge in [0.1, 0.15) is 0 Å². The standard InChI is InChI=1S/C18H18S/c1-4-12-6-5-7-15-17(12)11(2)14-8-13-9-18(13,3)10-16(14)19-15/h4-6,8-10,15H,7H2,1-3H3/b12-4-/t15?,18-/m1/s1. The summed E-state index contributed by atoms with van der Waals surface area (Å²) >= 11 is 2.06. The van der Waals surface area contributed by atoms with Crippen LogP contribution in [0, 0.1) is 5.41 Å². The Bertz CT molecular complexity index is 664. The van der Waals surface area contributed by atoms with Crippen LogP contribution < -0.4 is 0 Å². The Kier molecular flexibility index (Phi) is 2.24. The number of hydrogen-bond acceptors (Lipinski definition) is 1. The first kappa shape index (κ1) is 11.6. The van der Waals surface area contributed by atoms with Gasteiger partial charge in [0.15, 0.2) is 0 Å². The van der Waals surface area contributed by atoms with Crippen LogP contribution in [0.1, 0.15) is 27.2 Å². The van der Waals surface area contributed by atoms with Gasteiger partial charge >= 0.3 is 0 Å². The van der Waals surface area contributed by atoms with E-state index in [0.717, 1.165) is 6.42 Å². The van der Waals surface area contributed by atoms with Crippen LogP contribution in [0.3, 0.4) is 0 Å². The Labute approximate surface area is 119 Å². The van der Waals surface area contributed by atoms with Crippen molar-refractivity contribution in [1.29, 1.82) is 0 Å². The van der Waals surface area contributed by atoms with Crippen molar-refractivity contribution in [2.45, 2.75) is 32.4 Å². The Morgan fingerprint density at radius 1 is 1.37 bits per heavy atom. The molecule has 1 unspecified atom stereocenters. The average Bonchev–Trinajstić information content (AvgIpc) is 3.06. The summed E-state index contributed by atoms with van der Waals surface area (Å²) in [7, 11) is 0. The first-order valence-electron chi connectivity index (χ1n) is 7.02. The topological polar surface area (TPSA) is 0 Å². The van der Waals surface area contributed by atoms with Crippen LogP contribution in [0.2, 0.25) is 0 Å². The third-order valence-corrected chi connectivity index (χ3v) is 5.96. The molecule has 96 valence electrons. The van der Waals surface area contributed by atoms with E-state index >= 15 is 0 Å². The van der Waals surface area contributed by atoms with Crippen molar-refractivity contribution in [3.05, 3.63) is 69.2 Å². The average molecular weight is 266 g/mol. The van der Waals surface area contributed by atoms with Crippen LogP contribution in [-0.2, 0) is 0 Å². The highest BCUT2D eigenvalue weighted by atomic mass is 32.2. The van der Waals surface area contributed by atoms with Crippen LogP contribution in [0.4, 0.5) is 0 Å². The molecule has 0 aromatic carbocycles. The van der Waals surface area contributed by atoms with Crippen LogP contribution >= 0.6 is 11.8 Å². The molecule has 0 fully saturated rings. The van der Waals surface area contributed by atoms with Crippen LogP contribution in [0.5, 0.6) is 0 Å². The molecular weight excluding hydrogens is 248 g/mol. The molecule has 1 aliphatic heterocycles. The minimum Gasteiger partial charge on any atom is -0.117 e. The molecule has 0 saturated heterocycles. The summed E-state index contributed by atoms with van der Waals surface area (Å²) in [6.45, 7) is 6.76. The molecule has 4 aliphatic rings. The van der Waals surface area contributed by atoms with Crippen LogP contribution in [0.15, 0.2) is 69.2 Å². The largest absolute Gasteiger partial charge is 0.117 e. The highest BCUT2D eigenvalue weighted by Gasteiger charge is 2.42. The van der Waals surface area contributed by atoms with Crippen LogP contribution in [-0.4, -0.2) is 5.25 Å². The van der Waals surface area contributed by atoms with Gasteiger partial charge in [-0.1, -0.05) is 30.4 Å². The van der Waals surface area contributed by atoms with Gasteiger partial charge in [-0.15, -0.1) is 11.8 Å². The molecule has 2 atom stereocenters. The summed E-state index contributed by atoms with van der Waals surface area (Å²) in [5, 5.41) is 0.614. The van der Waals surface area contributed by atoms with Crippen molar-refractivity contribution in [1.82, 2.24) is 0 Å². The van der Waals surface area contributed by atoms with Crippen LogP contribution in [0.25, 0.3) is 0 Å². The molecule has 0 saturated carbocycles. The second-order valence-corrected chi connectivity index (χ2v) is 7.22. The predicted octanol–water partition coefficient (Wildman–Crippen LogP) is 5.09. The van der Waals surface area contributed by atoms with Gasteiger partial charge in [0.05, 0.1) is 0 Å². The van der Waals surface area contributed by atoms with Crippen molar-refractivity contribution in [3.8, 4) is 0 Å². The van der Waals surface area contributed by atoms with E-state index in [9.17, 15) is 0 Å². The SMILES string of the molecule is C/C=C1/C=CCC2SC3=C[C@@]4(C)C=C4C=C3C(C)=C12. The Hall–Kier alpha value is -1.21. The molecule has 0 aromatic heterocycles. The molecule has 4 rings (SSSR count). The molecule has 19 heavy (non-hydrogen) atoms. The smallest absolute Gasteiger partial charge is 0.0387 e. The van der Waals surface area contributed by atoms with E-state index in [1.165, 1.54) is 27.2 Å². The lowest BCUT2D eigenvalue weighted by molar-refractivity contribution is 0.799. The number of hydrogen-bond donors (Lipinski definition) is 0. The molecule has 0 amide bonds. The highest BCUT2D eigenvalue weighted by Crippen LogP contribution is 2.57. The lowest BCUT2D eigenvalue weighted by Crippen LogP contribution is -2.20. The summed E-state index contributed by atoms with van der Waals surface area (Å²) in [6, 6.07) is 0. The predicted molar refractivity (Wildman–Crippen MR) is 83.9 cm³/mol. The summed E-state index contributed by atoms with van der Waals surface area (Å²) in [6.07, 6.45) is 15.3. The zero-order chi connectivity index (χ0) is 13.2. The van der Waals surface area contributed by atoms with Gasteiger partial charge in [0.25, 0.3) is 0 Å². The fraction of sp³-hybridized carbons (Fsp3) is 0.333. The Balaban J connectivity index is 1.89. The molecule has 0 spiro atoms. The highest BCUT2D eigenvalue weighted by molar-refractivity contribution is 8.04. The number of rotatable bonds is 0. The van der Waals surface area contributed by atoms with E-state index in [2.05, 4.69) is 69.0 Å². The van der Waals surface area contributed by atoms with E-state index in [0.29, 0.717) is 5.25 Å². The number of thioether (sulfide) groups is 1. The van der Waals surface area contributed by atoms with E-state index in [1.807, 2.05) is 0 Å². The second kappa shape index (κ2) is 3.67. The third kappa shape index (κ3) is 1.54. The lowest BCUT2D eigenvalue weighted by Gasteiger charge is -2.35. The molecule has 0 N–H and O–H groups in total. The Morgan fingerprint density at radius 3 is 3.00 bits per heavy atom. The van der Waals surface area contributed by atoms with Gasteiger partial charge in [-0.05, 0) is 61.1 Å². The van der Waals surface area contributed by atoms with Gasteiger partial charge in [-0.3, -0.25) is 0 Å². The monoisotopic (exact) mass is 266 g/mol. The molecule has 3 aliphatic carbocycles. The number of fused-ring (bicyclic) bond motifs is 3. The van der Waals surface area contributed by atoms with E-state index in [-0.39, 0.29) is 5.41 Å². The Morgan fingerprint density at radius 2 is 2.21 bits per heavy atom. The van der Waals surface area contributed by atoms with Gasteiger partial charge in [0, 0.05) is 15.6 Å². The molecule has 0 radical (unpaired) electrons. The molecule has 0 aromatic rings. The maximum Gasteiger partial charge on any atom is 0.0387 e. The normalized spacial score (nSPS) is 37.1. The third-order valence-electron chi connectivity index (χ3n) is 4.66. The summed E-state index contributed by atoms with van der Waals surface area (Å²) in [5.41, 5.74) is 7.70. The van der Waals surface area contributed by atoms with Crippen molar-refractivity contribution in [2.75, 3.05) is 0 Å². The van der Waals surface area contributed by atoms with E-state index in [4.69, 9.17) is 0 Å². The second-order valence-electron chi connectivity index (χ2n) is 5.98. The number of allylic oxidation sites excluding steroid dienone is 10. The van der Waals surface area contributed by atoms with E-state index < -0.39 is 0 Å². The summed E-state index contributed by atoms with van der Waals surface area (Å²) in [4.78, 5) is 1.50. The molecule has 0 bridgehead atoms. The van der Waals surface area contributed by atoms with Crippen molar-refractivity contribution in [2.24, 2.45) is 5.41 Å². The minimum atomic E-state index is 0.275. The van der Waals surface area contributed by atoms with Crippen molar-refractivity contribution >= 4 is 11.8 Å². The van der Waals surface area contributed by atoms with Gasteiger partial charge in [0.2, 0.25) is 0 Å². The van der Waals surface area contributed by atoms with Gasteiger partial charge in [-0.25, -0.2) is 0 Å². The first-order chi connectivity index (χ1) is 9.12. The zero-order valence-electron chi connectivity index (χ0n) is 11.7. The maximum atomic E-state index is 2.47. The van der Waals surface area contributed by atoms with Crippen molar-refractivity contribution < 1.29 is 0 Å². The fourth-order valence-corrected chi connectivity index (χ4v) is 5.00. The maximum absolute atomic E-state index is 2.47. The van der Waals surface area contributed by atoms with Crippen molar-refractivity contribution in [3.63, 3.8) is 0 Å². The summed E-state index contributed by atoms with van der Waals surface area (Å²) in [5.74, 6) is 0. The molecular formula is C18H18S. The van der Waals surface area contributed by atoms with Gasteiger partial charge < -0.3 is 0 Å². The molecule has 1 heterocycles. The summed E-state index contributed by atoms with van der Waals surface area (Å²) < 4.78 is 0. The molecule has 0 nitrogen and oxygen atoms in total. The quantitative estimate of drug-likeness (QED) is 0.588. The zero-order valence-corrected chi connectivity index (χ0v) is 12.5. The fourth-order valence-electron chi connectivity index (χ4n) is 3.40. The van der Waals surface area contributed by atoms with Gasteiger partial charge in [-0.2, -0.15) is 0 Å². The molecule has 1 heteroatoms.